The smallest absolute Gasteiger partial charge is 0.238 e. The fourth-order valence-electron chi connectivity index (χ4n) is 1.95. The zero-order valence-electron chi connectivity index (χ0n) is 11.3. The van der Waals surface area contributed by atoms with Crippen LogP contribution in [0.1, 0.15) is 11.1 Å². The molecule has 0 amide bonds. The monoisotopic (exact) mass is 295 g/mol. The van der Waals surface area contributed by atoms with Gasteiger partial charge in [0, 0.05) is 36.7 Å². The first-order valence-electron chi connectivity index (χ1n) is 5.91. The van der Waals surface area contributed by atoms with Crippen LogP contribution in [0.15, 0.2) is 29.4 Å². The maximum Gasteiger partial charge on any atom is 0.238 e. The lowest BCUT2D eigenvalue weighted by atomic mass is 10.1. The van der Waals surface area contributed by atoms with E-state index in [0.717, 1.165) is 5.56 Å². The maximum atomic E-state index is 11.5. The molecule has 2 aromatic rings. The van der Waals surface area contributed by atoms with Gasteiger partial charge in [0.05, 0.1) is 11.1 Å². The van der Waals surface area contributed by atoms with Crippen molar-refractivity contribution in [1.29, 1.82) is 0 Å². The molecule has 0 saturated carbocycles. The highest BCUT2D eigenvalue weighted by molar-refractivity contribution is 7.89. The number of anilines is 2. The van der Waals surface area contributed by atoms with E-state index in [9.17, 15) is 8.42 Å². The number of sulfonamides is 1. The molecule has 0 aliphatic rings. The first-order valence-corrected chi connectivity index (χ1v) is 7.46. The summed E-state index contributed by atoms with van der Waals surface area (Å²) in [7, 11) is -1.97. The van der Waals surface area contributed by atoms with Crippen molar-refractivity contribution in [2.24, 2.45) is 12.2 Å². The van der Waals surface area contributed by atoms with E-state index in [-0.39, 0.29) is 4.90 Å². The molecule has 8 heteroatoms. The second-order valence-corrected chi connectivity index (χ2v) is 6.14. The largest absolute Gasteiger partial charge is 0.399 e. The van der Waals surface area contributed by atoms with Gasteiger partial charge in [-0.3, -0.25) is 4.68 Å². The summed E-state index contributed by atoms with van der Waals surface area (Å²) in [5.41, 5.74) is 8.22. The van der Waals surface area contributed by atoms with Crippen molar-refractivity contribution in [3.8, 4) is 0 Å². The highest BCUT2D eigenvalue weighted by atomic mass is 32.2. The van der Waals surface area contributed by atoms with Gasteiger partial charge >= 0.3 is 0 Å². The van der Waals surface area contributed by atoms with Gasteiger partial charge in [-0.25, -0.2) is 13.6 Å². The molecule has 0 spiro atoms. The third kappa shape index (κ3) is 3.09. The predicted octanol–water partition coefficient (Wildman–Crippen LogP) is 0.570. The Morgan fingerprint density at radius 1 is 1.40 bits per heavy atom. The number of aryl methyl sites for hydroxylation is 1. The second kappa shape index (κ2) is 5.14. The quantitative estimate of drug-likeness (QED) is 0.713. The van der Waals surface area contributed by atoms with Crippen LogP contribution in [-0.2, 0) is 23.6 Å². The Labute approximate surface area is 117 Å². The molecule has 0 bridgehead atoms. The Hall–Kier alpha value is -2.06. The fourth-order valence-corrected chi connectivity index (χ4v) is 2.79. The molecule has 0 unspecified atom stereocenters. The molecule has 0 radical (unpaired) electrons. The topological polar surface area (TPSA) is 116 Å². The van der Waals surface area contributed by atoms with E-state index in [1.807, 2.05) is 13.2 Å². The molecule has 0 aliphatic carbocycles. The minimum atomic E-state index is -3.79. The van der Waals surface area contributed by atoms with Crippen LogP contribution < -0.4 is 16.2 Å². The molecule has 2 rings (SSSR count). The summed E-state index contributed by atoms with van der Waals surface area (Å²) >= 11 is 0. The average molecular weight is 295 g/mol. The molecule has 0 aliphatic heterocycles. The van der Waals surface area contributed by atoms with E-state index in [1.165, 1.54) is 6.07 Å². The summed E-state index contributed by atoms with van der Waals surface area (Å²) in [6.07, 6.45) is 3.60. The van der Waals surface area contributed by atoms with Crippen molar-refractivity contribution >= 4 is 21.4 Å². The lowest BCUT2D eigenvalue weighted by Gasteiger charge is -2.13. The number of nitrogens with two attached hydrogens (primary N) is 2. The number of nitrogens with zero attached hydrogens (tertiary/aromatic N) is 2. The van der Waals surface area contributed by atoms with E-state index < -0.39 is 10.0 Å². The summed E-state index contributed by atoms with van der Waals surface area (Å²) in [5, 5.41) is 12.4. The van der Waals surface area contributed by atoms with Crippen LogP contribution in [-0.4, -0.2) is 18.2 Å². The van der Waals surface area contributed by atoms with E-state index >= 15 is 0 Å². The van der Waals surface area contributed by atoms with Gasteiger partial charge in [-0.15, -0.1) is 0 Å². The first kappa shape index (κ1) is 14.4. The van der Waals surface area contributed by atoms with Crippen molar-refractivity contribution in [3.05, 3.63) is 35.7 Å². The van der Waals surface area contributed by atoms with Crippen molar-refractivity contribution in [2.45, 2.75) is 18.4 Å². The number of nitrogens with one attached hydrogen (secondary N) is 1. The van der Waals surface area contributed by atoms with Crippen molar-refractivity contribution in [1.82, 2.24) is 9.78 Å². The van der Waals surface area contributed by atoms with Gasteiger partial charge in [0.25, 0.3) is 0 Å². The van der Waals surface area contributed by atoms with E-state index in [2.05, 4.69) is 10.4 Å². The SMILES string of the molecule is Cc1c(NCc2cnn(C)c2)cc(N)cc1S(N)(=O)=O. The summed E-state index contributed by atoms with van der Waals surface area (Å²) in [6, 6.07) is 3.04. The molecular weight excluding hydrogens is 278 g/mol. The van der Waals surface area contributed by atoms with Crippen LogP contribution in [0.2, 0.25) is 0 Å². The van der Waals surface area contributed by atoms with Crippen molar-refractivity contribution in [2.75, 3.05) is 11.1 Å². The third-order valence-corrected chi connectivity index (χ3v) is 3.97. The van der Waals surface area contributed by atoms with Gasteiger partial charge in [-0.1, -0.05) is 0 Å². The molecule has 0 saturated heterocycles. The molecular formula is C12H17N5O2S. The van der Waals surface area contributed by atoms with Crippen LogP contribution in [0.5, 0.6) is 0 Å². The van der Waals surface area contributed by atoms with E-state index in [1.54, 1.807) is 23.9 Å². The van der Waals surface area contributed by atoms with Crippen molar-refractivity contribution < 1.29 is 8.42 Å². The summed E-state index contributed by atoms with van der Waals surface area (Å²) in [5.74, 6) is 0. The van der Waals surface area contributed by atoms with Crippen LogP contribution >= 0.6 is 0 Å². The van der Waals surface area contributed by atoms with Crippen molar-refractivity contribution in [3.63, 3.8) is 0 Å². The molecule has 0 fully saturated rings. The molecule has 108 valence electrons. The summed E-state index contributed by atoms with van der Waals surface area (Å²) in [4.78, 5) is 0.0335. The Morgan fingerprint density at radius 2 is 2.10 bits per heavy atom. The number of primary sulfonamides is 1. The Morgan fingerprint density at radius 3 is 2.65 bits per heavy atom. The number of hydrogen-bond acceptors (Lipinski definition) is 5. The summed E-state index contributed by atoms with van der Waals surface area (Å²) < 4.78 is 24.7. The average Bonchev–Trinajstić information content (AvgIpc) is 2.74. The zero-order valence-corrected chi connectivity index (χ0v) is 12.1. The summed E-state index contributed by atoms with van der Waals surface area (Å²) in [6.45, 7) is 2.20. The number of nitrogen functional groups attached to an aromatic ring is 1. The molecule has 1 aromatic heterocycles. The Balaban J connectivity index is 2.30. The normalized spacial score (nSPS) is 11.6. The highest BCUT2D eigenvalue weighted by Gasteiger charge is 2.15. The lowest BCUT2D eigenvalue weighted by Crippen LogP contribution is -2.15. The van der Waals surface area contributed by atoms with Crippen LogP contribution in [0, 0.1) is 6.92 Å². The zero-order chi connectivity index (χ0) is 14.9. The van der Waals surface area contributed by atoms with Gasteiger partial charge in [0.1, 0.15) is 0 Å². The van der Waals surface area contributed by atoms with E-state index in [4.69, 9.17) is 10.9 Å². The second-order valence-electron chi connectivity index (χ2n) is 4.61. The molecule has 7 nitrogen and oxygen atoms in total. The molecule has 1 heterocycles. The minimum absolute atomic E-state index is 0.0335. The number of benzene rings is 1. The Kier molecular flexibility index (Phi) is 3.69. The van der Waals surface area contributed by atoms with Crippen LogP contribution in [0.4, 0.5) is 11.4 Å². The standard InChI is InChI=1S/C12H17N5O2S/c1-8-11(15-5-9-6-16-17(2)7-9)3-10(13)4-12(8)20(14,18)19/h3-4,6-7,15H,5,13H2,1-2H3,(H2,14,18,19). The van der Waals surface area contributed by atoms with E-state index in [0.29, 0.717) is 23.5 Å². The van der Waals surface area contributed by atoms with Gasteiger partial charge in [0.2, 0.25) is 10.0 Å². The number of aromatic nitrogens is 2. The van der Waals surface area contributed by atoms with Gasteiger partial charge in [-0.05, 0) is 24.6 Å². The Bertz CT molecular complexity index is 736. The fraction of sp³-hybridized carbons (Fsp3) is 0.250. The van der Waals surface area contributed by atoms with Gasteiger partial charge < -0.3 is 11.1 Å². The predicted molar refractivity (Wildman–Crippen MR) is 77.5 cm³/mol. The molecule has 0 atom stereocenters. The van der Waals surface area contributed by atoms with Gasteiger partial charge in [0.15, 0.2) is 0 Å². The molecule has 5 N–H and O–H groups in total. The number of rotatable bonds is 4. The maximum absolute atomic E-state index is 11.5. The molecule has 20 heavy (non-hydrogen) atoms. The van der Waals surface area contributed by atoms with Gasteiger partial charge in [-0.2, -0.15) is 5.10 Å². The third-order valence-electron chi connectivity index (χ3n) is 2.93. The minimum Gasteiger partial charge on any atom is -0.399 e. The lowest BCUT2D eigenvalue weighted by molar-refractivity contribution is 0.597. The molecule has 1 aromatic carbocycles. The first-order chi connectivity index (χ1) is 9.27. The van der Waals surface area contributed by atoms with Crippen LogP contribution in [0.3, 0.4) is 0 Å². The number of hydrogen-bond donors (Lipinski definition) is 3. The highest BCUT2D eigenvalue weighted by Crippen LogP contribution is 2.26. The van der Waals surface area contributed by atoms with Crippen LogP contribution in [0.25, 0.3) is 0 Å².